The number of nitrogens with zero attached hydrogens (tertiary/aromatic N) is 3. The van der Waals surface area contributed by atoms with Gasteiger partial charge in [0.25, 0.3) is 0 Å². The van der Waals surface area contributed by atoms with Crippen LogP contribution in [0.15, 0.2) is 65.8 Å². The number of hydrogen-bond acceptors (Lipinski definition) is 5. The molecule has 0 bridgehead atoms. The minimum atomic E-state index is -0.00381. The van der Waals surface area contributed by atoms with Crippen molar-refractivity contribution in [3.05, 3.63) is 66.2 Å². The molecule has 0 aliphatic rings. The van der Waals surface area contributed by atoms with Crippen molar-refractivity contribution in [1.82, 2.24) is 9.55 Å². The fourth-order valence-corrected chi connectivity index (χ4v) is 3.03. The van der Waals surface area contributed by atoms with Crippen molar-refractivity contribution in [3.8, 4) is 5.75 Å². The second kappa shape index (κ2) is 6.85. The Bertz CT molecular complexity index is 1100. The predicted molar refractivity (Wildman–Crippen MR) is 104 cm³/mol. The Morgan fingerprint density at radius 2 is 1.85 bits per heavy atom. The Labute approximate surface area is 150 Å². The second-order valence-corrected chi connectivity index (χ2v) is 5.89. The third kappa shape index (κ3) is 2.87. The van der Waals surface area contributed by atoms with E-state index >= 15 is 0 Å². The molecule has 0 radical (unpaired) electrons. The highest BCUT2D eigenvalue weighted by molar-refractivity contribution is 6.05. The molecule has 3 aromatic carbocycles. The molecule has 0 amide bonds. The molecule has 1 aromatic heterocycles. The number of nitrogens with one attached hydrogen (secondary N) is 1. The van der Waals surface area contributed by atoms with Gasteiger partial charge in [0, 0.05) is 17.5 Å². The third-order valence-electron chi connectivity index (χ3n) is 4.27. The van der Waals surface area contributed by atoms with Crippen LogP contribution in [0.2, 0.25) is 0 Å². The zero-order chi connectivity index (χ0) is 17.9. The highest BCUT2D eigenvalue weighted by Crippen LogP contribution is 2.27. The highest BCUT2D eigenvalue weighted by Gasteiger charge is 2.12. The van der Waals surface area contributed by atoms with Gasteiger partial charge in [-0.25, -0.2) is 10.4 Å². The van der Waals surface area contributed by atoms with Crippen LogP contribution in [0.1, 0.15) is 5.56 Å². The van der Waals surface area contributed by atoms with Gasteiger partial charge in [0.2, 0.25) is 5.95 Å². The Hall–Kier alpha value is -3.38. The largest absolute Gasteiger partial charge is 0.507 e. The van der Waals surface area contributed by atoms with E-state index in [2.05, 4.69) is 15.5 Å². The molecule has 26 heavy (non-hydrogen) atoms. The van der Waals surface area contributed by atoms with Crippen LogP contribution in [-0.4, -0.2) is 32.6 Å². The lowest BCUT2D eigenvalue weighted by Crippen LogP contribution is -2.06. The normalized spacial score (nSPS) is 11.6. The summed E-state index contributed by atoms with van der Waals surface area (Å²) in [6.45, 7) is 0.402. The maximum absolute atomic E-state index is 9.81. The SMILES string of the molecule is OCCn1c(NN=Cc2ccccc2O)nc2c3ccccc3ccc21. The van der Waals surface area contributed by atoms with Crippen LogP contribution in [-0.2, 0) is 6.54 Å². The topological polar surface area (TPSA) is 82.7 Å². The number of phenols is 1. The van der Waals surface area contributed by atoms with Gasteiger partial charge in [-0.1, -0.05) is 42.5 Å². The molecule has 130 valence electrons. The first kappa shape index (κ1) is 16.1. The predicted octanol–water partition coefficient (Wildman–Crippen LogP) is 3.33. The van der Waals surface area contributed by atoms with Gasteiger partial charge in [0.05, 0.1) is 23.9 Å². The van der Waals surface area contributed by atoms with Crippen molar-refractivity contribution in [3.63, 3.8) is 0 Å². The van der Waals surface area contributed by atoms with Gasteiger partial charge in [-0.15, -0.1) is 0 Å². The van der Waals surface area contributed by atoms with Crippen molar-refractivity contribution in [2.24, 2.45) is 5.10 Å². The highest BCUT2D eigenvalue weighted by atomic mass is 16.3. The Morgan fingerprint density at radius 1 is 1.04 bits per heavy atom. The lowest BCUT2D eigenvalue weighted by atomic mass is 10.1. The molecular formula is C20H18N4O2. The Balaban J connectivity index is 1.75. The van der Waals surface area contributed by atoms with Gasteiger partial charge in [-0.05, 0) is 23.6 Å². The van der Waals surface area contributed by atoms with E-state index < -0.39 is 0 Å². The van der Waals surface area contributed by atoms with Crippen LogP contribution in [0, 0.1) is 0 Å². The van der Waals surface area contributed by atoms with E-state index in [1.807, 2.05) is 47.0 Å². The van der Waals surface area contributed by atoms with Crippen LogP contribution < -0.4 is 5.43 Å². The average Bonchev–Trinajstić information content (AvgIpc) is 3.02. The summed E-state index contributed by atoms with van der Waals surface area (Å²) in [5, 5.41) is 25.6. The molecule has 0 aliphatic heterocycles. The summed E-state index contributed by atoms with van der Waals surface area (Å²) in [7, 11) is 0. The summed E-state index contributed by atoms with van der Waals surface area (Å²) in [5.41, 5.74) is 5.32. The van der Waals surface area contributed by atoms with E-state index in [-0.39, 0.29) is 12.4 Å². The van der Waals surface area contributed by atoms with E-state index in [9.17, 15) is 10.2 Å². The standard InChI is InChI=1S/C20H18N4O2/c25-12-11-24-17-10-9-14-5-1-3-7-16(14)19(17)22-20(24)23-21-13-15-6-2-4-8-18(15)26/h1-10,13,25-26H,11-12H2,(H,22,23). The number of aromatic nitrogens is 2. The molecule has 6 heteroatoms. The molecule has 0 spiro atoms. The molecule has 0 saturated carbocycles. The minimum absolute atomic E-state index is 0.00381. The fourth-order valence-electron chi connectivity index (χ4n) is 3.03. The quantitative estimate of drug-likeness (QED) is 0.382. The van der Waals surface area contributed by atoms with Crippen LogP contribution >= 0.6 is 0 Å². The number of rotatable bonds is 5. The number of fused-ring (bicyclic) bond motifs is 3. The van der Waals surface area contributed by atoms with Gasteiger partial charge in [0.15, 0.2) is 0 Å². The summed E-state index contributed by atoms with van der Waals surface area (Å²) >= 11 is 0. The second-order valence-electron chi connectivity index (χ2n) is 5.89. The first-order valence-electron chi connectivity index (χ1n) is 8.34. The number of para-hydroxylation sites is 1. The van der Waals surface area contributed by atoms with Crippen molar-refractivity contribution in [2.45, 2.75) is 6.54 Å². The number of phenolic OH excluding ortho intramolecular Hbond substituents is 1. The first-order chi connectivity index (χ1) is 12.8. The molecule has 4 aromatic rings. The van der Waals surface area contributed by atoms with E-state index in [4.69, 9.17) is 0 Å². The molecular weight excluding hydrogens is 328 g/mol. The monoisotopic (exact) mass is 346 g/mol. The molecule has 1 heterocycles. The number of imidazole rings is 1. The minimum Gasteiger partial charge on any atom is -0.507 e. The maximum Gasteiger partial charge on any atom is 0.224 e. The maximum atomic E-state index is 9.81. The molecule has 0 fully saturated rings. The van der Waals surface area contributed by atoms with Gasteiger partial charge < -0.3 is 14.8 Å². The van der Waals surface area contributed by atoms with Crippen LogP contribution in [0.3, 0.4) is 0 Å². The van der Waals surface area contributed by atoms with Gasteiger partial charge >= 0.3 is 0 Å². The van der Waals surface area contributed by atoms with E-state index in [0.717, 1.165) is 21.8 Å². The lowest BCUT2D eigenvalue weighted by molar-refractivity contribution is 0.278. The molecule has 6 nitrogen and oxygen atoms in total. The molecule has 4 rings (SSSR count). The summed E-state index contributed by atoms with van der Waals surface area (Å²) in [5.74, 6) is 0.699. The molecule has 0 atom stereocenters. The number of benzene rings is 3. The van der Waals surface area contributed by atoms with Gasteiger partial charge in [0.1, 0.15) is 5.75 Å². The van der Waals surface area contributed by atoms with E-state index in [1.165, 1.54) is 6.21 Å². The van der Waals surface area contributed by atoms with Gasteiger partial charge in [-0.3, -0.25) is 0 Å². The smallest absolute Gasteiger partial charge is 0.224 e. The summed E-state index contributed by atoms with van der Waals surface area (Å²) in [4.78, 5) is 4.68. The number of hydrazone groups is 1. The zero-order valence-corrected chi connectivity index (χ0v) is 14.0. The van der Waals surface area contributed by atoms with E-state index in [1.54, 1.807) is 18.2 Å². The third-order valence-corrected chi connectivity index (χ3v) is 4.27. The van der Waals surface area contributed by atoms with Crippen LogP contribution in [0.25, 0.3) is 21.8 Å². The van der Waals surface area contributed by atoms with Crippen molar-refractivity contribution >= 4 is 34.0 Å². The molecule has 3 N–H and O–H groups in total. The van der Waals surface area contributed by atoms with E-state index in [0.29, 0.717) is 18.1 Å². The Morgan fingerprint density at radius 3 is 2.69 bits per heavy atom. The average molecular weight is 346 g/mol. The summed E-state index contributed by atoms with van der Waals surface area (Å²) < 4.78 is 1.89. The Kier molecular flexibility index (Phi) is 4.25. The lowest BCUT2D eigenvalue weighted by Gasteiger charge is -2.06. The van der Waals surface area contributed by atoms with Gasteiger partial charge in [-0.2, -0.15) is 5.10 Å². The number of aliphatic hydroxyl groups is 1. The van der Waals surface area contributed by atoms with Crippen LogP contribution in [0.5, 0.6) is 5.75 Å². The first-order valence-corrected chi connectivity index (χ1v) is 8.34. The number of aromatic hydroxyl groups is 1. The van der Waals surface area contributed by atoms with Crippen molar-refractivity contribution < 1.29 is 10.2 Å². The molecule has 0 saturated heterocycles. The number of hydrogen-bond donors (Lipinski definition) is 3. The summed E-state index contributed by atoms with van der Waals surface area (Å²) in [6.07, 6.45) is 1.54. The summed E-state index contributed by atoms with van der Waals surface area (Å²) in [6, 6.07) is 19.1. The molecule has 0 aliphatic carbocycles. The number of aliphatic hydroxyl groups excluding tert-OH is 1. The number of anilines is 1. The van der Waals surface area contributed by atoms with Crippen molar-refractivity contribution in [2.75, 3.05) is 12.0 Å². The zero-order valence-electron chi connectivity index (χ0n) is 14.0. The fraction of sp³-hybridized carbons (Fsp3) is 0.100. The van der Waals surface area contributed by atoms with Crippen LogP contribution in [0.4, 0.5) is 5.95 Å². The molecule has 0 unspecified atom stereocenters. The van der Waals surface area contributed by atoms with Crippen molar-refractivity contribution in [1.29, 1.82) is 0 Å².